The summed E-state index contributed by atoms with van der Waals surface area (Å²) < 4.78 is 21.3. The Kier molecular flexibility index (Phi) is 6.40. The predicted octanol–water partition coefficient (Wildman–Crippen LogP) is 8.65. The van der Waals surface area contributed by atoms with Crippen molar-refractivity contribution in [3.05, 3.63) is 94.3 Å². The van der Waals surface area contributed by atoms with Crippen LogP contribution in [0.4, 0.5) is 4.39 Å². The Balaban J connectivity index is 1.32. The van der Waals surface area contributed by atoms with Crippen LogP contribution in [0.1, 0.15) is 80.2 Å². The molecule has 3 aromatic carbocycles. The molecule has 3 aromatic rings. The quantitative estimate of drug-likeness (QED) is 0.351. The average molecular weight is 525 g/mol. The van der Waals surface area contributed by atoms with Gasteiger partial charge in [0.1, 0.15) is 18.2 Å². The number of rotatable bonds is 6. The topological polar surface area (TPSA) is 46.5 Å². The number of aliphatic carboxylic acids is 1. The molecule has 39 heavy (non-hydrogen) atoms. The van der Waals surface area contributed by atoms with Crippen molar-refractivity contribution >= 4 is 11.5 Å². The molecule has 0 heterocycles. The third kappa shape index (κ3) is 4.48. The van der Waals surface area contributed by atoms with Crippen molar-refractivity contribution in [3.8, 4) is 16.9 Å². The van der Waals surface area contributed by atoms with Gasteiger partial charge in [-0.25, -0.2) is 4.39 Å². The molecule has 0 unspecified atom stereocenters. The zero-order chi connectivity index (χ0) is 27.4. The standard InChI is InChI=1S/C35H37FO3/c1-22-8-13-32(36)28(18-22)26-12-9-23(19-27(26)29-7-5-15-34(29,2)3)21-39-25-11-10-24-6-4-16-35(31(24)20-25)17-14-30(35)33(37)38/h7-13,18-20,30H,4-6,14-17,21H2,1-3H3,(H,37,38)/t30-,35+/m1/s1. The summed E-state index contributed by atoms with van der Waals surface area (Å²) in [7, 11) is 0. The second-order valence-electron chi connectivity index (χ2n) is 12.5. The van der Waals surface area contributed by atoms with Gasteiger partial charge in [0.15, 0.2) is 0 Å². The molecule has 1 fully saturated rings. The lowest BCUT2D eigenvalue weighted by atomic mass is 9.52. The van der Waals surface area contributed by atoms with Gasteiger partial charge in [-0.05, 0) is 121 Å². The number of benzene rings is 3. The fourth-order valence-electron chi connectivity index (χ4n) is 7.29. The van der Waals surface area contributed by atoms with Crippen LogP contribution < -0.4 is 4.74 Å². The summed E-state index contributed by atoms with van der Waals surface area (Å²) in [6, 6.07) is 17.8. The molecule has 0 radical (unpaired) electrons. The highest BCUT2D eigenvalue weighted by atomic mass is 19.1. The van der Waals surface area contributed by atoms with Crippen LogP contribution in [0.3, 0.4) is 0 Å². The third-order valence-corrected chi connectivity index (χ3v) is 9.57. The first-order valence-electron chi connectivity index (χ1n) is 14.3. The maximum Gasteiger partial charge on any atom is 0.307 e. The van der Waals surface area contributed by atoms with Gasteiger partial charge in [-0.15, -0.1) is 0 Å². The first-order valence-corrected chi connectivity index (χ1v) is 14.3. The van der Waals surface area contributed by atoms with E-state index >= 15 is 4.39 Å². The number of carboxylic acid groups (broad SMARTS) is 1. The van der Waals surface area contributed by atoms with Crippen LogP contribution >= 0.6 is 0 Å². The highest BCUT2D eigenvalue weighted by Crippen LogP contribution is 2.56. The molecule has 4 heteroatoms. The molecule has 0 aliphatic heterocycles. The molecule has 2 atom stereocenters. The zero-order valence-electron chi connectivity index (χ0n) is 23.1. The Hall–Kier alpha value is -3.40. The number of halogens is 1. The molecule has 0 saturated heterocycles. The fraction of sp³-hybridized carbons (Fsp3) is 0.400. The van der Waals surface area contributed by atoms with Gasteiger partial charge in [0.05, 0.1) is 5.92 Å². The molecule has 202 valence electrons. The van der Waals surface area contributed by atoms with Gasteiger partial charge in [0, 0.05) is 11.0 Å². The summed E-state index contributed by atoms with van der Waals surface area (Å²) in [5.74, 6) is -0.406. The summed E-state index contributed by atoms with van der Waals surface area (Å²) in [5.41, 5.74) is 8.17. The third-order valence-electron chi connectivity index (χ3n) is 9.57. The van der Waals surface area contributed by atoms with Crippen LogP contribution in [0.2, 0.25) is 0 Å². The smallest absolute Gasteiger partial charge is 0.307 e. The van der Waals surface area contributed by atoms with Crippen molar-refractivity contribution in [2.45, 2.75) is 77.7 Å². The van der Waals surface area contributed by atoms with Crippen molar-refractivity contribution < 1.29 is 19.0 Å². The molecule has 3 aliphatic carbocycles. The maximum atomic E-state index is 15.0. The molecule has 3 nitrogen and oxygen atoms in total. The number of carboxylic acids is 1. The molecule has 1 saturated carbocycles. The number of allylic oxidation sites excluding steroid dienone is 2. The number of fused-ring (bicyclic) bond motifs is 2. The van der Waals surface area contributed by atoms with Gasteiger partial charge < -0.3 is 9.84 Å². The van der Waals surface area contributed by atoms with E-state index in [1.54, 1.807) is 6.07 Å². The van der Waals surface area contributed by atoms with Gasteiger partial charge >= 0.3 is 5.97 Å². The Bertz CT molecular complexity index is 1480. The van der Waals surface area contributed by atoms with Crippen molar-refractivity contribution in [2.75, 3.05) is 0 Å². The lowest BCUT2D eigenvalue weighted by Crippen LogP contribution is -2.50. The van der Waals surface area contributed by atoms with Crippen molar-refractivity contribution in [1.29, 1.82) is 0 Å². The minimum absolute atomic E-state index is 0.0186. The van der Waals surface area contributed by atoms with E-state index in [0.29, 0.717) is 12.2 Å². The summed E-state index contributed by atoms with van der Waals surface area (Å²) >= 11 is 0. The zero-order valence-corrected chi connectivity index (χ0v) is 23.1. The van der Waals surface area contributed by atoms with Gasteiger partial charge in [-0.3, -0.25) is 4.79 Å². The maximum absolute atomic E-state index is 15.0. The Labute approximate surface area is 230 Å². The van der Waals surface area contributed by atoms with E-state index in [1.165, 1.54) is 16.7 Å². The highest BCUT2D eigenvalue weighted by molar-refractivity contribution is 5.85. The second-order valence-corrected chi connectivity index (χ2v) is 12.5. The SMILES string of the molecule is Cc1ccc(F)c(-c2ccc(COc3ccc4c(c3)[C@@]3(CCC4)CC[C@@H]3C(=O)O)cc2C2=CCCC2(C)C)c1. The largest absolute Gasteiger partial charge is 0.489 e. The van der Waals surface area contributed by atoms with Crippen LogP contribution in [0.15, 0.2) is 60.7 Å². The van der Waals surface area contributed by atoms with Crippen LogP contribution in [-0.4, -0.2) is 11.1 Å². The lowest BCUT2D eigenvalue weighted by Gasteiger charge is -2.51. The van der Waals surface area contributed by atoms with E-state index in [1.807, 2.05) is 37.3 Å². The minimum atomic E-state index is -0.678. The number of hydrogen-bond donors (Lipinski definition) is 1. The van der Waals surface area contributed by atoms with Gasteiger partial charge in [0.2, 0.25) is 0 Å². The first-order chi connectivity index (χ1) is 18.7. The number of carbonyl (C=O) groups is 1. The molecular weight excluding hydrogens is 487 g/mol. The predicted molar refractivity (Wildman–Crippen MR) is 153 cm³/mol. The van der Waals surface area contributed by atoms with Crippen LogP contribution in [0, 0.1) is 24.1 Å². The molecule has 0 amide bonds. The van der Waals surface area contributed by atoms with E-state index in [2.05, 4.69) is 38.1 Å². The van der Waals surface area contributed by atoms with Crippen LogP contribution in [0.25, 0.3) is 16.7 Å². The normalized spacial score (nSPS) is 23.2. The monoisotopic (exact) mass is 524 g/mol. The Morgan fingerprint density at radius 1 is 1.00 bits per heavy atom. The van der Waals surface area contributed by atoms with Gasteiger partial charge in [0.25, 0.3) is 0 Å². The van der Waals surface area contributed by atoms with E-state index in [4.69, 9.17) is 4.74 Å². The van der Waals surface area contributed by atoms with E-state index in [0.717, 1.165) is 72.9 Å². The molecule has 1 N–H and O–H groups in total. The Morgan fingerprint density at radius 3 is 2.56 bits per heavy atom. The number of hydrogen-bond acceptors (Lipinski definition) is 2. The average Bonchev–Trinajstić information content (AvgIpc) is 3.26. The summed E-state index contributed by atoms with van der Waals surface area (Å²) in [6.07, 6.45) is 9.06. The van der Waals surface area contributed by atoms with E-state index < -0.39 is 5.97 Å². The fourth-order valence-corrected chi connectivity index (χ4v) is 7.29. The van der Waals surface area contributed by atoms with Crippen molar-refractivity contribution in [1.82, 2.24) is 0 Å². The van der Waals surface area contributed by atoms with E-state index in [-0.39, 0.29) is 22.6 Å². The second kappa shape index (κ2) is 9.66. The number of aryl methyl sites for hydroxylation is 2. The van der Waals surface area contributed by atoms with Gasteiger partial charge in [-0.2, -0.15) is 0 Å². The van der Waals surface area contributed by atoms with Crippen LogP contribution in [0.5, 0.6) is 5.75 Å². The first kappa shape index (κ1) is 25.9. The number of ether oxygens (including phenoxy) is 1. The minimum Gasteiger partial charge on any atom is -0.489 e. The van der Waals surface area contributed by atoms with Gasteiger partial charge in [-0.1, -0.05) is 49.8 Å². The molecule has 1 spiro atoms. The Morgan fingerprint density at radius 2 is 1.85 bits per heavy atom. The summed E-state index contributed by atoms with van der Waals surface area (Å²) in [6.45, 7) is 6.92. The summed E-state index contributed by atoms with van der Waals surface area (Å²) in [5, 5.41) is 9.83. The lowest BCUT2D eigenvalue weighted by molar-refractivity contribution is -0.150. The van der Waals surface area contributed by atoms with Crippen molar-refractivity contribution in [2.24, 2.45) is 11.3 Å². The van der Waals surface area contributed by atoms with Crippen LogP contribution in [-0.2, 0) is 23.2 Å². The molecule has 0 bridgehead atoms. The molecule has 0 aromatic heterocycles. The summed E-state index contributed by atoms with van der Waals surface area (Å²) in [4.78, 5) is 12.0. The van der Waals surface area contributed by atoms with E-state index in [9.17, 15) is 9.90 Å². The molecular formula is C35H37FO3. The molecule has 6 rings (SSSR count). The molecule has 3 aliphatic rings. The highest BCUT2D eigenvalue weighted by Gasteiger charge is 2.53. The van der Waals surface area contributed by atoms with Crippen molar-refractivity contribution in [3.63, 3.8) is 0 Å².